The number of likely N-dealkylation sites (tertiary alicyclic amines) is 1. The highest BCUT2D eigenvalue weighted by Crippen LogP contribution is 2.41. The lowest BCUT2D eigenvalue weighted by Crippen LogP contribution is -2.50. The van der Waals surface area contributed by atoms with E-state index < -0.39 is 0 Å². The van der Waals surface area contributed by atoms with Crippen molar-refractivity contribution in [3.63, 3.8) is 0 Å². The van der Waals surface area contributed by atoms with E-state index in [2.05, 4.69) is 43.9 Å². The minimum Gasteiger partial charge on any atom is -0.357 e. The summed E-state index contributed by atoms with van der Waals surface area (Å²) in [5, 5.41) is 14.3. The molecule has 33 heavy (non-hydrogen) atoms. The molecule has 2 unspecified atom stereocenters. The number of fused-ring (bicyclic) bond motifs is 3. The third-order valence-corrected chi connectivity index (χ3v) is 7.01. The van der Waals surface area contributed by atoms with Crippen molar-refractivity contribution in [3.05, 3.63) is 76.6 Å². The Balaban J connectivity index is 1.35. The molecule has 0 spiro atoms. The van der Waals surface area contributed by atoms with Crippen LogP contribution in [0.3, 0.4) is 0 Å². The van der Waals surface area contributed by atoms with Crippen molar-refractivity contribution in [2.24, 2.45) is 0 Å². The van der Waals surface area contributed by atoms with Crippen molar-refractivity contribution in [2.45, 2.75) is 38.5 Å². The topological polar surface area (TPSA) is 72.1 Å². The Kier molecular flexibility index (Phi) is 4.65. The first kappa shape index (κ1) is 20.2. The molecule has 1 aromatic carbocycles. The summed E-state index contributed by atoms with van der Waals surface area (Å²) in [7, 11) is 0. The van der Waals surface area contributed by atoms with Crippen LogP contribution in [-0.2, 0) is 11.3 Å². The van der Waals surface area contributed by atoms with Crippen molar-refractivity contribution in [2.75, 3.05) is 13.1 Å². The van der Waals surface area contributed by atoms with Gasteiger partial charge < -0.3 is 14.4 Å². The Labute approximate surface area is 196 Å². The maximum atomic E-state index is 11.6. The molecule has 168 valence electrons. The number of carbonyl (C=O) groups is 1. The fourth-order valence-electron chi connectivity index (χ4n) is 5.01. The van der Waals surface area contributed by atoms with E-state index in [-0.39, 0.29) is 24.0 Å². The highest BCUT2D eigenvalue weighted by molar-refractivity contribution is 6.30. The SMILES string of the molecule is CC(=O)N1CC(n2ccc(C3=CC4C(C=Cc5nnc(C)n54)N3Cc3cccc(Cl)c3)n2)C1. The van der Waals surface area contributed by atoms with Crippen molar-refractivity contribution in [3.8, 4) is 0 Å². The van der Waals surface area contributed by atoms with Crippen LogP contribution in [0.4, 0.5) is 0 Å². The van der Waals surface area contributed by atoms with Gasteiger partial charge in [-0.05, 0) is 42.8 Å². The molecule has 5 heterocycles. The van der Waals surface area contributed by atoms with Crippen molar-refractivity contribution in [1.82, 2.24) is 34.3 Å². The van der Waals surface area contributed by atoms with Crippen molar-refractivity contribution in [1.29, 1.82) is 0 Å². The second-order valence-electron chi connectivity index (χ2n) is 8.88. The third-order valence-electron chi connectivity index (χ3n) is 6.78. The molecule has 1 fully saturated rings. The number of hydrogen-bond acceptors (Lipinski definition) is 5. The lowest BCUT2D eigenvalue weighted by molar-refractivity contribution is -0.134. The second-order valence-corrected chi connectivity index (χ2v) is 9.32. The van der Waals surface area contributed by atoms with Gasteiger partial charge in [-0.25, -0.2) is 0 Å². The Morgan fingerprint density at radius 2 is 2.03 bits per heavy atom. The van der Waals surface area contributed by atoms with Crippen LogP contribution in [0.2, 0.25) is 5.02 Å². The Morgan fingerprint density at radius 3 is 2.82 bits per heavy atom. The average molecular weight is 462 g/mol. The summed E-state index contributed by atoms with van der Waals surface area (Å²) in [4.78, 5) is 15.8. The summed E-state index contributed by atoms with van der Waals surface area (Å²) in [6.45, 7) is 5.73. The summed E-state index contributed by atoms with van der Waals surface area (Å²) in [6.07, 6.45) is 8.54. The highest BCUT2D eigenvalue weighted by Gasteiger charge is 2.39. The zero-order valence-electron chi connectivity index (χ0n) is 18.5. The van der Waals surface area contributed by atoms with E-state index in [1.807, 2.05) is 47.0 Å². The number of rotatable bonds is 4. The van der Waals surface area contributed by atoms with Crippen molar-refractivity contribution < 1.29 is 4.79 Å². The number of halogens is 1. The number of aryl methyl sites for hydroxylation is 1. The van der Waals surface area contributed by atoms with Crippen molar-refractivity contribution >= 4 is 29.3 Å². The monoisotopic (exact) mass is 461 g/mol. The molecule has 0 N–H and O–H groups in total. The smallest absolute Gasteiger partial charge is 0.219 e. The summed E-state index contributed by atoms with van der Waals surface area (Å²) in [6, 6.07) is 10.5. The summed E-state index contributed by atoms with van der Waals surface area (Å²) in [5.41, 5.74) is 3.15. The van der Waals surface area contributed by atoms with Crippen LogP contribution in [0.15, 0.2) is 48.7 Å². The van der Waals surface area contributed by atoms with E-state index in [9.17, 15) is 4.79 Å². The first-order chi connectivity index (χ1) is 16.0. The lowest BCUT2D eigenvalue weighted by Gasteiger charge is -2.38. The fraction of sp³-hybridized carbons (Fsp3) is 0.333. The maximum absolute atomic E-state index is 11.6. The van der Waals surface area contributed by atoms with E-state index in [4.69, 9.17) is 16.7 Å². The molecule has 1 amide bonds. The van der Waals surface area contributed by atoms with E-state index >= 15 is 0 Å². The van der Waals surface area contributed by atoms with E-state index in [1.54, 1.807) is 6.92 Å². The molecule has 2 aromatic heterocycles. The van der Waals surface area contributed by atoms with E-state index in [1.165, 1.54) is 0 Å². The van der Waals surface area contributed by atoms with Gasteiger partial charge in [0.1, 0.15) is 11.5 Å². The molecule has 9 heteroatoms. The fourth-order valence-corrected chi connectivity index (χ4v) is 5.22. The van der Waals surface area contributed by atoms with Gasteiger partial charge >= 0.3 is 0 Å². The van der Waals surface area contributed by atoms with Crippen LogP contribution in [-0.4, -0.2) is 59.4 Å². The number of amides is 1. The number of carbonyl (C=O) groups excluding carboxylic acids is 1. The van der Waals surface area contributed by atoms with Crippen LogP contribution in [0.5, 0.6) is 0 Å². The standard InChI is InChI=1S/C24H24ClN7O/c1-15-26-27-24-7-6-21-23(32(15)24)11-22(30(21)12-17-4-3-5-18(25)10-17)20-8-9-31(28-20)19-13-29(14-19)16(2)33/h3-11,19,21,23H,12-14H2,1-2H3. The quantitative estimate of drug-likeness (QED) is 0.596. The van der Waals surface area contributed by atoms with Gasteiger partial charge in [-0.15, -0.1) is 10.2 Å². The Morgan fingerprint density at radius 1 is 1.18 bits per heavy atom. The Bertz CT molecular complexity index is 1300. The van der Waals surface area contributed by atoms with E-state index in [0.29, 0.717) is 19.6 Å². The normalized spacial score (nSPS) is 21.6. The molecule has 0 radical (unpaired) electrons. The summed E-state index contributed by atoms with van der Waals surface area (Å²) in [5.74, 6) is 1.88. The summed E-state index contributed by atoms with van der Waals surface area (Å²) >= 11 is 6.28. The number of hydrogen-bond donors (Lipinski definition) is 0. The maximum Gasteiger partial charge on any atom is 0.219 e. The first-order valence-electron chi connectivity index (χ1n) is 11.1. The number of benzene rings is 1. The van der Waals surface area contributed by atoms with Gasteiger partial charge in [-0.1, -0.05) is 29.8 Å². The largest absolute Gasteiger partial charge is 0.357 e. The molecule has 3 aliphatic heterocycles. The Hall–Kier alpha value is -3.39. The summed E-state index contributed by atoms with van der Waals surface area (Å²) < 4.78 is 4.18. The molecule has 1 saturated heterocycles. The molecule has 2 atom stereocenters. The zero-order valence-corrected chi connectivity index (χ0v) is 19.2. The van der Waals surface area contributed by atoms with E-state index in [0.717, 1.165) is 33.6 Å². The molecule has 3 aromatic rings. The number of nitrogens with zero attached hydrogens (tertiary/aromatic N) is 7. The van der Waals surface area contributed by atoms with Gasteiger partial charge in [0.2, 0.25) is 5.91 Å². The molecule has 8 nitrogen and oxygen atoms in total. The van der Waals surface area contributed by atoms with Crippen LogP contribution in [0.1, 0.15) is 41.9 Å². The van der Waals surface area contributed by atoms with Crippen LogP contribution < -0.4 is 0 Å². The highest BCUT2D eigenvalue weighted by atomic mass is 35.5. The van der Waals surface area contributed by atoms with Gasteiger partial charge in [0, 0.05) is 37.8 Å². The molecular formula is C24H24ClN7O. The molecule has 0 saturated carbocycles. The molecule has 3 aliphatic rings. The third kappa shape index (κ3) is 3.36. The molecular weight excluding hydrogens is 438 g/mol. The van der Waals surface area contributed by atoms with Gasteiger partial charge in [-0.2, -0.15) is 5.10 Å². The molecule has 0 aliphatic carbocycles. The zero-order chi connectivity index (χ0) is 22.7. The van der Waals surface area contributed by atoms with Gasteiger partial charge in [0.15, 0.2) is 5.82 Å². The van der Waals surface area contributed by atoms with Gasteiger partial charge in [0.25, 0.3) is 0 Å². The van der Waals surface area contributed by atoms with Gasteiger partial charge in [0.05, 0.1) is 23.8 Å². The predicted molar refractivity (Wildman–Crippen MR) is 125 cm³/mol. The second kappa shape index (κ2) is 7.59. The van der Waals surface area contributed by atoms with Crippen LogP contribution in [0.25, 0.3) is 11.8 Å². The van der Waals surface area contributed by atoms with Crippen LogP contribution in [0, 0.1) is 6.92 Å². The minimum atomic E-state index is 0.0937. The minimum absolute atomic E-state index is 0.0937. The predicted octanol–water partition coefficient (Wildman–Crippen LogP) is 3.33. The average Bonchev–Trinajstić information content (AvgIpc) is 3.45. The molecule has 6 rings (SSSR count). The number of aromatic nitrogens is 5. The van der Waals surface area contributed by atoms with Gasteiger partial charge in [-0.3, -0.25) is 9.48 Å². The first-order valence-corrected chi connectivity index (χ1v) is 11.5. The lowest BCUT2D eigenvalue weighted by atomic mass is 10.1. The van der Waals surface area contributed by atoms with Crippen LogP contribution >= 0.6 is 11.6 Å². The molecule has 0 bridgehead atoms.